The van der Waals surface area contributed by atoms with Gasteiger partial charge in [-0.15, -0.1) is 0 Å². The molecule has 0 heterocycles. The lowest BCUT2D eigenvalue weighted by Gasteiger charge is -2.11. The Balaban J connectivity index is 2.98. The largest absolute Gasteiger partial charge is 0.493 e. The molecule has 0 spiro atoms. The van der Waals surface area contributed by atoms with Crippen LogP contribution in [0.15, 0.2) is 28.3 Å². The van der Waals surface area contributed by atoms with Crippen molar-refractivity contribution in [3.63, 3.8) is 0 Å². The van der Waals surface area contributed by atoms with Gasteiger partial charge in [-0.1, -0.05) is 5.57 Å². The SMILES string of the molecule is COc1cc(C#N)cc(Br)c1OCC=C(C)C. The van der Waals surface area contributed by atoms with Crippen molar-refractivity contribution in [2.75, 3.05) is 13.7 Å². The van der Waals surface area contributed by atoms with Crippen molar-refractivity contribution >= 4 is 15.9 Å². The summed E-state index contributed by atoms with van der Waals surface area (Å²) in [6.07, 6.45) is 1.98. The minimum absolute atomic E-state index is 0.475. The van der Waals surface area contributed by atoms with Crippen LogP contribution in [0.5, 0.6) is 11.5 Å². The zero-order chi connectivity index (χ0) is 12.8. The number of benzene rings is 1. The van der Waals surface area contributed by atoms with Crippen LogP contribution in [0.3, 0.4) is 0 Å². The maximum atomic E-state index is 8.85. The molecule has 1 aromatic rings. The van der Waals surface area contributed by atoms with Crippen molar-refractivity contribution in [3.8, 4) is 17.6 Å². The van der Waals surface area contributed by atoms with Crippen molar-refractivity contribution < 1.29 is 9.47 Å². The molecule has 0 atom stereocenters. The predicted octanol–water partition coefficient (Wildman–Crippen LogP) is 3.67. The highest BCUT2D eigenvalue weighted by atomic mass is 79.9. The number of nitriles is 1. The molecule has 0 bridgehead atoms. The van der Waals surface area contributed by atoms with Crippen LogP contribution in [0, 0.1) is 11.3 Å². The quantitative estimate of drug-likeness (QED) is 0.796. The molecule has 0 aliphatic rings. The topological polar surface area (TPSA) is 42.2 Å². The van der Waals surface area contributed by atoms with Gasteiger partial charge in [-0.05, 0) is 41.9 Å². The summed E-state index contributed by atoms with van der Waals surface area (Å²) in [5.41, 5.74) is 1.72. The molecule has 0 fully saturated rings. The molecule has 0 aliphatic carbocycles. The number of hydrogen-bond donors (Lipinski definition) is 0. The van der Waals surface area contributed by atoms with E-state index in [9.17, 15) is 0 Å². The Morgan fingerprint density at radius 3 is 2.71 bits per heavy atom. The Morgan fingerprint density at radius 2 is 2.18 bits per heavy atom. The maximum absolute atomic E-state index is 8.85. The van der Waals surface area contributed by atoms with Crippen LogP contribution in [0.2, 0.25) is 0 Å². The van der Waals surface area contributed by atoms with Gasteiger partial charge in [-0.25, -0.2) is 0 Å². The number of ether oxygens (including phenoxy) is 2. The van der Waals surface area contributed by atoms with Gasteiger partial charge in [0.15, 0.2) is 11.5 Å². The number of allylic oxidation sites excluding steroid dienone is 1. The van der Waals surface area contributed by atoms with Crippen molar-refractivity contribution in [1.82, 2.24) is 0 Å². The van der Waals surface area contributed by atoms with Gasteiger partial charge in [-0.3, -0.25) is 0 Å². The zero-order valence-corrected chi connectivity index (χ0v) is 11.7. The van der Waals surface area contributed by atoms with Crippen molar-refractivity contribution in [2.45, 2.75) is 13.8 Å². The summed E-state index contributed by atoms with van der Waals surface area (Å²) >= 11 is 3.37. The number of hydrogen-bond acceptors (Lipinski definition) is 3. The molecular weight excluding hydrogens is 282 g/mol. The summed E-state index contributed by atoms with van der Waals surface area (Å²) in [7, 11) is 1.55. The van der Waals surface area contributed by atoms with E-state index in [1.54, 1.807) is 19.2 Å². The lowest BCUT2D eigenvalue weighted by molar-refractivity contribution is 0.323. The minimum atomic E-state index is 0.475. The Bertz CT molecular complexity index is 471. The lowest BCUT2D eigenvalue weighted by Crippen LogP contribution is -1.98. The van der Waals surface area contributed by atoms with Gasteiger partial charge < -0.3 is 9.47 Å². The van der Waals surface area contributed by atoms with E-state index < -0.39 is 0 Å². The van der Waals surface area contributed by atoms with E-state index in [0.29, 0.717) is 23.7 Å². The monoisotopic (exact) mass is 295 g/mol. The molecule has 0 saturated heterocycles. The highest BCUT2D eigenvalue weighted by Crippen LogP contribution is 2.36. The molecule has 0 radical (unpaired) electrons. The predicted molar refractivity (Wildman–Crippen MR) is 70.3 cm³/mol. The van der Waals surface area contributed by atoms with E-state index in [1.165, 1.54) is 5.57 Å². The molecule has 0 amide bonds. The molecule has 1 aromatic carbocycles. The summed E-state index contributed by atoms with van der Waals surface area (Å²) < 4.78 is 11.5. The number of rotatable bonds is 4. The van der Waals surface area contributed by atoms with Crippen LogP contribution in [0.4, 0.5) is 0 Å². The molecular formula is C13H14BrNO2. The van der Waals surface area contributed by atoms with E-state index >= 15 is 0 Å². The Kier molecular flexibility index (Phi) is 5.05. The highest BCUT2D eigenvalue weighted by Gasteiger charge is 2.10. The first kappa shape index (κ1) is 13.6. The number of nitrogens with zero attached hydrogens (tertiary/aromatic N) is 1. The second kappa shape index (κ2) is 6.31. The van der Waals surface area contributed by atoms with Crippen LogP contribution in [-0.2, 0) is 0 Å². The van der Waals surface area contributed by atoms with Crippen molar-refractivity contribution in [1.29, 1.82) is 5.26 Å². The van der Waals surface area contributed by atoms with Crippen molar-refractivity contribution in [2.24, 2.45) is 0 Å². The third-order valence-electron chi connectivity index (χ3n) is 2.08. The smallest absolute Gasteiger partial charge is 0.175 e. The summed E-state index contributed by atoms with van der Waals surface area (Å²) in [5.74, 6) is 1.17. The molecule has 0 aromatic heterocycles. The molecule has 4 heteroatoms. The van der Waals surface area contributed by atoms with E-state index in [2.05, 4.69) is 22.0 Å². The summed E-state index contributed by atoms with van der Waals surface area (Å²) in [5, 5.41) is 8.85. The van der Waals surface area contributed by atoms with Gasteiger partial charge >= 0.3 is 0 Å². The first-order valence-electron chi connectivity index (χ1n) is 5.12. The average molecular weight is 296 g/mol. The molecule has 0 aliphatic heterocycles. The van der Waals surface area contributed by atoms with Crippen LogP contribution < -0.4 is 9.47 Å². The standard InChI is InChI=1S/C13H14BrNO2/c1-9(2)4-5-17-13-11(14)6-10(8-15)7-12(13)16-3/h4,6-7H,5H2,1-3H3. The zero-order valence-electron chi connectivity index (χ0n) is 10.1. The average Bonchev–Trinajstić information content (AvgIpc) is 2.30. The summed E-state index contributed by atoms with van der Waals surface area (Å²) in [6, 6.07) is 5.43. The summed E-state index contributed by atoms with van der Waals surface area (Å²) in [6.45, 7) is 4.49. The lowest BCUT2D eigenvalue weighted by atomic mass is 10.2. The number of halogens is 1. The Labute approximate surface area is 110 Å². The molecule has 17 heavy (non-hydrogen) atoms. The van der Waals surface area contributed by atoms with E-state index in [-0.39, 0.29) is 0 Å². The van der Waals surface area contributed by atoms with Gasteiger partial charge in [0.1, 0.15) is 6.61 Å². The van der Waals surface area contributed by atoms with Gasteiger partial charge in [0.25, 0.3) is 0 Å². The van der Waals surface area contributed by atoms with Gasteiger partial charge in [-0.2, -0.15) is 5.26 Å². The van der Waals surface area contributed by atoms with Gasteiger partial charge in [0.2, 0.25) is 0 Å². The fourth-order valence-electron chi connectivity index (χ4n) is 1.22. The second-order valence-electron chi connectivity index (χ2n) is 3.69. The Morgan fingerprint density at radius 1 is 1.47 bits per heavy atom. The minimum Gasteiger partial charge on any atom is -0.493 e. The molecule has 0 saturated carbocycles. The molecule has 0 unspecified atom stereocenters. The third-order valence-corrected chi connectivity index (χ3v) is 2.67. The Hall–Kier alpha value is -1.47. The van der Waals surface area contributed by atoms with Gasteiger partial charge in [0.05, 0.1) is 23.2 Å². The van der Waals surface area contributed by atoms with Gasteiger partial charge in [0, 0.05) is 6.07 Å². The van der Waals surface area contributed by atoms with E-state index in [1.807, 2.05) is 19.9 Å². The summed E-state index contributed by atoms with van der Waals surface area (Å²) in [4.78, 5) is 0. The fraction of sp³-hybridized carbons (Fsp3) is 0.308. The van der Waals surface area contributed by atoms with Crippen LogP contribution in [0.25, 0.3) is 0 Å². The highest BCUT2D eigenvalue weighted by molar-refractivity contribution is 9.10. The molecule has 1 rings (SSSR count). The first-order valence-corrected chi connectivity index (χ1v) is 5.91. The molecule has 3 nitrogen and oxygen atoms in total. The maximum Gasteiger partial charge on any atom is 0.175 e. The fourth-order valence-corrected chi connectivity index (χ4v) is 1.77. The number of methoxy groups -OCH3 is 1. The first-order chi connectivity index (χ1) is 8.08. The second-order valence-corrected chi connectivity index (χ2v) is 4.55. The van der Waals surface area contributed by atoms with Crippen molar-refractivity contribution in [3.05, 3.63) is 33.8 Å². The van der Waals surface area contributed by atoms with Crippen LogP contribution >= 0.6 is 15.9 Å². The van der Waals surface area contributed by atoms with E-state index in [0.717, 1.165) is 4.47 Å². The normalized spacial score (nSPS) is 9.35. The van der Waals surface area contributed by atoms with Crippen LogP contribution in [0.1, 0.15) is 19.4 Å². The molecule has 90 valence electrons. The van der Waals surface area contributed by atoms with Crippen LogP contribution in [-0.4, -0.2) is 13.7 Å². The molecule has 0 N–H and O–H groups in total. The van der Waals surface area contributed by atoms with E-state index in [4.69, 9.17) is 14.7 Å². The third kappa shape index (κ3) is 3.79.